The molecule has 0 aromatic carbocycles. The number of thiophene rings is 1. The highest BCUT2D eigenvalue weighted by Gasteiger charge is 2.31. The lowest BCUT2D eigenvalue weighted by molar-refractivity contribution is 0.227. The lowest BCUT2D eigenvalue weighted by Gasteiger charge is -2.27. The zero-order valence-electron chi connectivity index (χ0n) is 12.8. The second-order valence-electron chi connectivity index (χ2n) is 6.66. The SMILES string of the molecule is CC(C)(C)C1CCN(Cc2cc(C#CCCO)cs2)C1. The van der Waals surface area contributed by atoms with E-state index in [1.54, 1.807) is 11.3 Å². The predicted molar refractivity (Wildman–Crippen MR) is 85.7 cm³/mol. The zero-order chi connectivity index (χ0) is 14.6. The van der Waals surface area contributed by atoms with Crippen molar-refractivity contribution in [2.24, 2.45) is 11.3 Å². The van der Waals surface area contributed by atoms with E-state index in [-0.39, 0.29) is 6.61 Å². The van der Waals surface area contributed by atoms with E-state index in [1.165, 1.54) is 24.4 Å². The summed E-state index contributed by atoms with van der Waals surface area (Å²) in [5.74, 6) is 6.90. The van der Waals surface area contributed by atoms with Crippen molar-refractivity contribution in [2.75, 3.05) is 19.7 Å². The van der Waals surface area contributed by atoms with Crippen LogP contribution in [0.5, 0.6) is 0 Å². The molecule has 2 rings (SSSR count). The van der Waals surface area contributed by atoms with Crippen molar-refractivity contribution in [3.8, 4) is 11.8 Å². The number of nitrogens with zero attached hydrogens (tertiary/aromatic N) is 1. The van der Waals surface area contributed by atoms with Gasteiger partial charge < -0.3 is 5.11 Å². The van der Waals surface area contributed by atoms with Crippen LogP contribution in [0.3, 0.4) is 0 Å². The Labute approximate surface area is 126 Å². The van der Waals surface area contributed by atoms with Gasteiger partial charge in [-0.25, -0.2) is 0 Å². The summed E-state index contributed by atoms with van der Waals surface area (Å²) in [6, 6.07) is 2.19. The van der Waals surface area contributed by atoms with Crippen LogP contribution in [0.25, 0.3) is 0 Å². The van der Waals surface area contributed by atoms with Gasteiger partial charge in [0.2, 0.25) is 0 Å². The van der Waals surface area contributed by atoms with Crippen molar-refractivity contribution < 1.29 is 5.11 Å². The van der Waals surface area contributed by atoms with Crippen molar-refractivity contribution in [2.45, 2.75) is 40.2 Å². The van der Waals surface area contributed by atoms with Crippen LogP contribution in [-0.2, 0) is 6.54 Å². The predicted octanol–water partition coefficient (Wildman–Crippen LogP) is 3.35. The Morgan fingerprint density at radius 3 is 2.90 bits per heavy atom. The Bertz CT molecular complexity index is 489. The first-order valence-corrected chi connectivity index (χ1v) is 8.26. The number of aliphatic hydroxyl groups is 1. The van der Waals surface area contributed by atoms with Gasteiger partial charge in [-0.1, -0.05) is 32.6 Å². The third-order valence-corrected chi connectivity index (χ3v) is 4.92. The molecule has 1 fully saturated rings. The summed E-state index contributed by atoms with van der Waals surface area (Å²) in [6.45, 7) is 10.7. The van der Waals surface area contributed by atoms with Crippen LogP contribution in [0.1, 0.15) is 44.1 Å². The summed E-state index contributed by atoms with van der Waals surface area (Å²) >= 11 is 1.80. The molecule has 1 aromatic heterocycles. The van der Waals surface area contributed by atoms with E-state index in [4.69, 9.17) is 5.11 Å². The van der Waals surface area contributed by atoms with Crippen LogP contribution < -0.4 is 0 Å². The molecule has 110 valence electrons. The Balaban J connectivity index is 1.88. The Kier molecular flexibility index (Phi) is 5.26. The fraction of sp³-hybridized carbons (Fsp3) is 0.647. The van der Waals surface area contributed by atoms with E-state index in [2.05, 4.69) is 49.0 Å². The minimum atomic E-state index is 0.145. The summed E-state index contributed by atoms with van der Waals surface area (Å²) < 4.78 is 0. The molecule has 1 unspecified atom stereocenters. The summed E-state index contributed by atoms with van der Waals surface area (Å²) in [4.78, 5) is 3.96. The van der Waals surface area contributed by atoms with E-state index in [9.17, 15) is 0 Å². The molecule has 0 amide bonds. The molecule has 3 heteroatoms. The molecule has 0 aliphatic carbocycles. The standard InChI is InChI=1S/C17H25NOS/c1-17(2,3)15-7-8-18(11-15)12-16-10-14(13-20-16)6-4-5-9-19/h10,13,15,19H,5,7-9,11-12H2,1-3H3. The Morgan fingerprint density at radius 1 is 1.45 bits per heavy atom. The van der Waals surface area contributed by atoms with Crippen LogP contribution in [0.2, 0.25) is 0 Å². The van der Waals surface area contributed by atoms with Crippen molar-refractivity contribution in [1.29, 1.82) is 0 Å². The first-order chi connectivity index (χ1) is 9.49. The largest absolute Gasteiger partial charge is 0.395 e. The molecular formula is C17H25NOS. The second kappa shape index (κ2) is 6.76. The smallest absolute Gasteiger partial charge is 0.0540 e. The lowest BCUT2D eigenvalue weighted by atomic mass is 9.80. The van der Waals surface area contributed by atoms with Gasteiger partial charge in [0.15, 0.2) is 0 Å². The third kappa shape index (κ3) is 4.34. The fourth-order valence-electron chi connectivity index (χ4n) is 2.65. The van der Waals surface area contributed by atoms with Crippen LogP contribution in [0, 0.1) is 23.2 Å². The Morgan fingerprint density at radius 2 is 2.25 bits per heavy atom. The molecular weight excluding hydrogens is 266 g/mol. The van der Waals surface area contributed by atoms with E-state index in [0.29, 0.717) is 11.8 Å². The highest BCUT2D eigenvalue weighted by atomic mass is 32.1. The molecule has 0 radical (unpaired) electrons. The summed E-state index contributed by atoms with van der Waals surface area (Å²) in [5.41, 5.74) is 1.51. The molecule has 2 heterocycles. The molecule has 1 saturated heterocycles. The van der Waals surface area contributed by atoms with E-state index in [0.717, 1.165) is 18.0 Å². The molecule has 1 atom stereocenters. The highest BCUT2D eigenvalue weighted by molar-refractivity contribution is 7.10. The van der Waals surface area contributed by atoms with Crippen molar-refractivity contribution in [3.05, 3.63) is 21.9 Å². The second-order valence-corrected chi connectivity index (χ2v) is 7.66. The van der Waals surface area contributed by atoms with Gasteiger partial charge in [0.25, 0.3) is 0 Å². The van der Waals surface area contributed by atoms with Gasteiger partial charge in [-0.05, 0) is 30.4 Å². The van der Waals surface area contributed by atoms with Crippen molar-refractivity contribution in [1.82, 2.24) is 4.90 Å². The first kappa shape index (κ1) is 15.6. The average molecular weight is 291 g/mol. The molecule has 20 heavy (non-hydrogen) atoms. The molecule has 0 bridgehead atoms. The third-order valence-electron chi connectivity index (χ3n) is 4.00. The van der Waals surface area contributed by atoms with Gasteiger partial charge in [-0.15, -0.1) is 11.3 Å². The van der Waals surface area contributed by atoms with Gasteiger partial charge in [0.05, 0.1) is 6.61 Å². The summed E-state index contributed by atoms with van der Waals surface area (Å²) in [6.07, 6.45) is 1.88. The minimum Gasteiger partial charge on any atom is -0.395 e. The maximum absolute atomic E-state index is 8.72. The molecule has 0 saturated carbocycles. The average Bonchev–Trinajstić information content (AvgIpc) is 2.99. The van der Waals surface area contributed by atoms with Gasteiger partial charge in [-0.3, -0.25) is 4.90 Å². The Hall–Kier alpha value is -0.820. The zero-order valence-corrected chi connectivity index (χ0v) is 13.6. The minimum absolute atomic E-state index is 0.145. The topological polar surface area (TPSA) is 23.5 Å². The van der Waals surface area contributed by atoms with E-state index in [1.807, 2.05) is 0 Å². The number of hydrogen-bond acceptors (Lipinski definition) is 3. The summed E-state index contributed by atoms with van der Waals surface area (Å²) in [5, 5.41) is 10.8. The van der Waals surface area contributed by atoms with Crippen molar-refractivity contribution in [3.63, 3.8) is 0 Å². The number of likely N-dealkylation sites (tertiary alicyclic amines) is 1. The molecule has 1 N–H and O–H groups in total. The monoisotopic (exact) mass is 291 g/mol. The quantitative estimate of drug-likeness (QED) is 0.863. The van der Waals surface area contributed by atoms with Gasteiger partial charge in [0, 0.05) is 35.3 Å². The molecule has 2 nitrogen and oxygen atoms in total. The molecule has 1 aliphatic rings. The van der Waals surface area contributed by atoms with Crippen LogP contribution >= 0.6 is 11.3 Å². The van der Waals surface area contributed by atoms with Gasteiger partial charge in [0.1, 0.15) is 0 Å². The van der Waals surface area contributed by atoms with Crippen LogP contribution in [0.4, 0.5) is 0 Å². The summed E-state index contributed by atoms with van der Waals surface area (Å²) in [7, 11) is 0. The number of rotatable bonds is 3. The molecule has 0 spiro atoms. The van der Waals surface area contributed by atoms with Crippen LogP contribution in [0.15, 0.2) is 11.4 Å². The molecule has 1 aliphatic heterocycles. The van der Waals surface area contributed by atoms with Gasteiger partial charge in [-0.2, -0.15) is 0 Å². The lowest BCUT2D eigenvalue weighted by Crippen LogP contribution is -2.25. The number of aliphatic hydroxyl groups excluding tert-OH is 1. The molecule has 1 aromatic rings. The van der Waals surface area contributed by atoms with Crippen molar-refractivity contribution >= 4 is 11.3 Å². The maximum atomic E-state index is 8.72. The first-order valence-electron chi connectivity index (χ1n) is 7.38. The van der Waals surface area contributed by atoms with E-state index < -0.39 is 0 Å². The normalized spacial score (nSPS) is 19.9. The van der Waals surface area contributed by atoms with E-state index >= 15 is 0 Å². The fourth-order valence-corrected chi connectivity index (χ4v) is 3.51. The van der Waals surface area contributed by atoms with Gasteiger partial charge >= 0.3 is 0 Å². The highest BCUT2D eigenvalue weighted by Crippen LogP contribution is 2.34. The van der Waals surface area contributed by atoms with Crippen LogP contribution in [-0.4, -0.2) is 29.7 Å². The number of hydrogen-bond donors (Lipinski definition) is 1. The maximum Gasteiger partial charge on any atom is 0.0540 e.